The van der Waals surface area contributed by atoms with E-state index in [-0.39, 0.29) is 30.9 Å². The molecule has 7 heteroatoms. The second kappa shape index (κ2) is 7.09. The average Bonchev–Trinajstić information content (AvgIpc) is 2.84. The third kappa shape index (κ3) is 3.47. The zero-order valence-corrected chi connectivity index (χ0v) is 14.4. The smallest absolute Gasteiger partial charge is 0.251 e. The Morgan fingerprint density at radius 2 is 1.74 bits per heavy atom. The summed E-state index contributed by atoms with van der Waals surface area (Å²) < 4.78 is 0.914. The van der Waals surface area contributed by atoms with Crippen molar-refractivity contribution in [3.05, 3.63) is 28.7 Å². The standard InChI is InChI=1S/C16H20BrN3O3/c17-12-1-3-13(4-2-12)20-15(22)11-14(16(20)23)19-7-5-18(6-8-19)9-10-21/h1-4,14,21H,5-11H2/t14-/m0/s1. The summed E-state index contributed by atoms with van der Waals surface area (Å²) in [5.41, 5.74) is 0.629. The topological polar surface area (TPSA) is 64.1 Å². The molecule has 1 aromatic rings. The fourth-order valence-corrected chi connectivity index (χ4v) is 3.47. The highest BCUT2D eigenvalue weighted by Crippen LogP contribution is 2.27. The van der Waals surface area contributed by atoms with Crippen molar-refractivity contribution in [3.63, 3.8) is 0 Å². The largest absolute Gasteiger partial charge is 0.395 e. The molecule has 2 aliphatic heterocycles. The monoisotopic (exact) mass is 381 g/mol. The van der Waals surface area contributed by atoms with E-state index in [9.17, 15) is 9.59 Å². The zero-order chi connectivity index (χ0) is 16.4. The highest BCUT2D eigenvalue weighted by molar-refractivity contribution is 9.10. The average molecular weight is 382 g/mol. The van der Waals surface area contributed by atoms with Crippen molar-refractivity contribution in [1.82, 2.24) is 9.80 Å². The van der Waals surface area contributed by atoms with Crippen LogP contribution in [-0.2, 0) is 9.59 Å². The lowest BCUT2D eigenvalue weighted by Gasteiger charge is -2.36. The van der Waals surface area contributed by atoms with E-state index in [0.717, 1.165) is 30.7 Å². The Kier molecular flexibility index (Phi) is 5.11. The predicted molar refractivity (Wildman–Crippen MR) is 90.1 cm³/mol. The van der Waals surface area contributed by atoms with Crippen molar-refractivity contribution < 1.29 is 14.7 Å². The molecular weight excluding hydrogens is 362 g/mol. The Bertz CT molecular complexity index is 585. The molecule has 6 nitrogen and oxygen atoms in total. The van der Waals surface area contributed by atoms with Crippen molar-refractivity contribution >= 4 is 33.4 Å². The van der Waals surface area contributed by atoms with Crippen LogP contribution < -0.4 is 4.90 Å². The maximum atomic E-state index is 12.7. The van der Waals surface area contributed by atoms with Gasteiger partial charge < -0.3 is 5.11 Å². The first kappa shape index (κ1) is 16.6. The Balaban J connectivity index is 1.68. The van der Waals surface area contributed by atoms with E-state index in [2.05, 4.69) is 25.7 Å². The molecule has 2 amide bonds. The molecule has 0 aliphatic carbocycles. The Hall–Kier alpha value is -1.28. The first-order chi connectivity index (χ1) is 11.1. The van der Waals surface area contributed by atoms with E-state index in [1.807, 2.05) is 12.1 Å². The van der Waals surface area contributed by atoms with Gasteiger partial charge in [-0.1, -0.05) is 15.9 Å². The van der Waals surface area contributed by atoms with Crippen molar-refractivity contribution in [2.45, 2.75) is 12.5 Å². The summed E-state index contributed by atoms with van der Waals surface area (Å²) in [6, 6.07) is 6.86. The fraction of sp³-hybridized carbons (Fsp3) is 0.500. The van der Waals surface area contributed by atoms with Gasteiger partial charge in [0.1, 0.15) is 0 Å². The number of aliphatic hydroxyl groups excluding tert-OH is 1. The molecular formula is C16H20BrN3O3. The molecule has 0 saturated carbocycles. The molecule has 0 spiro atoms. The van der Waals surface area contributed by atoms with Gasteiger partial charge in [-0.15, -0.1) is 0 Å². The minimum Gasteiger partial charge on any atom is -0.395 e. The summed E-state index contributed by atoms with van der Waals surface area (Å²) in [7, 11) is 0. The molecule has 2 saturated heterocycles. The van der Waals surface area contributed by atoms with Gasteiger partial charge in [0.25, 0.3) is 5.91 Å². The maximum absolute atomic E-state index is 12.7. The van der Waals surface area contributed by atoms with Crippen LogP contribution in [0.2, 0.25) is 0 Å². The third-order valence-corrected chi connectivity index (χ3v) is 5.00. The number of nitrogens with zero attached hydrogens (tertiary/aromatic N) is 3. The summed E-state index contributed by atoms with van der Waals surface area (Å²) in [4.78, 5) is 30.6. The van der Waals surface area contributed by atoms with Gasteiger partial charge in [-0.05, 0) is 24.3 Å². The predicted octanol–water partition coefficient (Wildman–Crippen LogP) is 0.691. The molecule has 2 heterocycles. The van der Waals surface area contributed by atoms with Gasteiger partial charge in [-0.25, -0.2) is 4.90 Å². The van der Waals surface area contributed by atoms with Crippen LogP contribution in [-0.4, -0.2) is 72.1 Å². The number of β-amino-alcohol motifs (C(OH)–C–C–N with tert-alkyl or cyclic N) is 1. The number of hydrogen-bond acceptors (Lipinski definition) is 5. The molecule has 1 aromatic carbocycles. The summed E-state index contributed by atoms with van der Waals surface area (Å²) in [5, 5.41) is 8.99. The molecule has 1 N–H and O–H groups in total. The lowest BCUT2D eigenvalue weighted by Crippen LogP contribution is -2.52. The van der Waals surface area contributed by atoms with Gasteiger partial charge in [-0.2, -0.15) is 0 Å². The van der Waals surface area contributed by atoms with E-state index >= 15 is 0 Å². The van der Waals surface area contributed by atoms with Gasteiger partial charge >= 0.3 is 0 Å². The molecule has 0 aromatic heterocycles. The quantitative estimate of drug-likeness (QED) is 0.777. The Morgan fingerprint density at radius 3 is 2.35 bits per heavy atom. The van der Waals surface area contributed by atoms with E-state index < -0.39 is 0 Å². The number of rotatable bonds is 4. The van der Waals surface area contributed by atoms with Gasteiger partial charge in [0.2, 0.25) is 5.91 Å². The minimum absolute atomic E-state index is 0.132. The first-order valence-electron chi connectivity index (χ1n) is 7.80. The molecule has 23 heavy (non-hydrogen) atoms. The minimum atomic E-state index is -0.359. The van der Waals surface area contributed by atoms with E-state index in [1.165, 1.54) is 4.90 Å². The molecule has 3 rings (SSSR count). The maximum Gasteiger partial charge on any atom is 0.251 e. The molecule has 0 unspecified atom stereocenters. The number of piperazine rings is 1. The van der Waals surface area contributed by atoms with Crippen LogP contribution >= 0.6 is 15.9 Å². The number of aliphatic hydroxyl groups is 1. The number of halogens is 1. The number of anilines is 1. The lowest BCUT2D eigenvalue weighted by molar-refractivity contribution is -0.123. The molecule has 0 radical (unpaired) electrons. The van der Waals surface area contributed by atoms with Crippen LogP contribution in [0.1, 0.15) is 6.42 Å². The van der Waals surface area contributed by atoms with E-state index in [4.69, 9.17) is 5.11 Å². The van der Waals surface area contributed by atoms with Crippen LogP contribution in [0.5, 0.6) is 0 Å². The van der Waals surface area contributed by atoms with Crippen LogP contribution in [0.25, 0.3) is 0 Å². The van der Waals surface area contributed by atoms with E-state index in [1.54, 1.807) is 12.1 Å². The van der Waals surface area contributed by atoms with Gasteiger partial charge in [0, 0.05) is 37.2 Å². The van der Waals surface area contributed by atoms with Gasteiger partial charge in [0.15, 0.2) is 0 Å². The first-order valence-corrected chi connectivity index (χ1v) is 8.59. The number of amides is 2. The van der Waals surface area contributed by atoms with Crippen molar-refractivity contribution in [2.24, 2.45) is 0 Å². The molecule has 124 valence electrons. The van der Waals surface area contributed by atoms with Crippen LogP contribution in [0, 0.1) is 0 Å². The number of imide groups is 1. The van der Waals surface area contributed by atoms with Crippen LogP contribution in [0.3, 0.4) is 0 Å². The second-order valence-corrected chi connectivity index (χ2v) is 6.78. The molecule has 1 atom stereocenters. The van der Waals surface area contributed by atoms with Crippen LogP contribution in [0.15, 0.2) is 28.7 Å². The summed E-state index contributed by atoms with van der Waals surface area (Å²) in [6.45, 7) is 3.94. The summed E-state index contributed by atoms with van der Waals surface area (Å²) in [6.07, 6.45) is 0.245. The second-order valence-electron chi connectivity index (χ2n) is 5.86. The van der Waals surface area contributed by atoms with Crippen LogP contribution in [0.4, 0.5) is 5.69 Å². The normalized spacial score (nSPS) is 23.7. The highest BCUT2D eigenvalue weighted by atomic mass is 79.9. The Labute approximate surface area is 143 Å². The number of hydrogen-bond donors (Lipinski definition) is 1. The number of carbonyl (C=O) groups is 2. The summed E-state index contributed by atoms with van der Waals surface area (Å²) in [5.74, 6) is -0.270. The van der Waals surface area contributed by atoms with E-state index in [0.29, 0.717) is 12.2 Å². The fourth-order valence-electron chi connectivity index (χ4n) is 3.20. The molecule has 2 aliphatic rings. The lowest BCUT2D eigenvalue weighted by atomic mass is 10.1. The van der Waals surface area contributed by atoms with Gasteiger partial charge in [-0.3, -0.25) is 19.4 Å². The zero-order valence-electron chi connectivity index (χ0n) is 12.8. The highest BCUT2D eigenvalue weighted by Gasteiger charge is 2.43. The molecule has 2 fully saturated rings. The van der Waals surface area contributed by atoms with Gasteiger partial charge in [0.05, 0.1) is 24.8 Å². The number of carbonyl (C=O) groups excluding carboxylic acids is 2. The third-order valence-electron chi connectivity index (χ3n) is 4.47. The SMILES string of the molecule is O=C1C[C@H](N2CCN(CCO)CC2)C(=O)N1c1ccc(Br)cc1. The number of benzene rings is 1. The van der Waals surface area contributed by atoms with Crippen molar-refractivity contribution in [2.75, 3.05) is 44.2 Å². The summed E-state index contributed by atoms with van der Waals surface area (Å²) >= 11 is 3.36. The Morgan fingerprint density at radius 1 is 1.09 bits per heavy atom. The van der Waals surface area contributed by atoms with Crippen molar-refractivity contribution in [1.29, 1.82) is 0 Å². The van der Waals surface area contributed by atoms with Crippen molar-refractivity contribution in [3.8, 4) is 0 Å². The molecule has 0 bridgehead atoms.